The lowest BCUT2D eigenvalue weighted by molar-refractivity contribution is -0.274. The van der Waals surface area contributed by atoms with Crippen molar-refractivity contribution in [1.82, 2.24) is 0 Å². The molecule has 0 fully saturated rings. The molecular weight excluding hydrogens is 335 g/mol. The predicted molar refractivity (Wildman–Crippen MR) is 87.8 cm³/mol. The first-order valence-electron chi connectivity index (χ1n) is 7.54. The molecule has 4 nitrogen and oxygen atoms in total. The summed E-state index contributed by atoms with van der Waals surface area (Å²) in [6.45, 7) is 5.44. The van der Waals surface area contributed by atoms with Crippen LogP contribution in [0.4, 0.5) is 18.9 Å². The normalized spacial score (nSPS) is 12.4. The molecule has 0 aliphatic heterocycles. The Balaban J connectivity index is 1.96. The standard InChI is InChI=1S/C18H18F3NO3/c1-11-8-12(2)10-16(9-11)24-13(3)17(23)22-14-4-6-15(7-5-14)25-18(19,20)21/h4-10,13H,1-3H3,(H,22,23)/t13-/m0/s1. The van der Waals surface area contributed by atoms with Gasteiger partial charge in [-0.25, -0.2) is 0 Å². The Morgan fingerprint density at radius 3 is 2.08 bits per heavy atom. The van der Waals surface area contributed by atoms with Gasteiger partial charge in [-0.1, -0.05) is 6.07 Å². The molecule has 0 aliphatic carbocycles. The number of amides is 1. The highest BCUT2D eigenvalue weighted by molar-refractivity contribution is 5.94. The SMILES string of the molecule is Cc1cc(C)cc(O[C@@H](C)C(=O)Nc2ccc(OC(F)(F)F)cc2)c1. The van der Waals surface area contributed by atoms with Crippen LogP contribution in [0.2, 0.25) is 0 Å². The topological polar surface area (TPSA) is 47.6 Å². The van der Waals surface area contributed by atoms with Gasteiger partial charge in [-0.2, -0.15) is 0 Å². The summed E-state index contributed by atoms with van der Waals surface area (Å²) in [4.78, 5) is 12.2. The number of hydrogen-bond acceptors (Lipinski definition) is 3. The molecule has 2 aromatic rings. The summed E-state index contributed by atoms with van der Waals surface area (Å²) in [6.07, 6.45) is -5.52. The van der Waals surface area contributed by atoms with E-state index in [9.17, 15) is 18.0 Å². The Labute approximate surface area is 143 Å². The molecule has 0 aliphatic rings. The van der Waals surface area contributed by atoms with Crippen molar-refractivity contribution >= 4 is 11.6 Å². The Hall–Kier alpha value is -2.70. The number of ether oxygens (including phenoxy) is 2. The van der Waals surface area contributed by atoms with E-state index in [0.717, 1.165) is 23.3 Å². The zero-order valence-corrected chi connectivity index (χ0v) is 14.0. The molecule has 1 amide bonds. The molecule has 2 rings (SSSR count). The average molecular weight is 353 g/mol. The van der Waals surface area contributed by atoms with Crippen LogP contribution >= 0.6 is 0 Å². The monoisotopic (exact) mass is 353 g/mol. The van der Waals surface area contributed by atoms with Crippen molar-refractivity contribution in [2.75, 3.05) is 5.32 Å². The van der Waals surface area contributed by atoms with Gasteiger partial charge in [0, 0.05) is 5.69 Å². The fourth-order valence-corrected chi connectivity index (χ4v) is 2.24. The molecule has 0 aromatic heterocycles. The van der Waals surface area contributed by atoms with Crippen LogP contribution in [0.1, 0.15) is 18.1 Å². The number of carbonyl (C=O) groups is 1. The minimum Gasteiger partial charge on any atom is -0.481 e. The zero-order valence-electron chi connectivity index (χ0n) is 14.0. The Kier molecular flexibility index (Phi) is 5.56. The van der Waals surface area contributed by atoms with Crippen molar-refractivity contribution in [3.8, 4) is 11.5 Å². The molecule has 2 aromatic carbocycles. The second kappa shape index (κ2) is 7.46. The van der Waals surface area contributed by atoms with Gasteiger partial charge >= 0.3 is 6.36 Å². The number of aryl methyl sites for hydroxylation is 2. The van der Waals surface area contributed by atoms with Crippen molar-refractivity contribution in [3.05, 3.63) is 53.6 Å². The summed E-state index contributed by atoms with van der Waals surface area (Å²) in [7, 11) is 0. The van der Waals surface area contributed by atoms with Crippen LogP contribution in [0, 0.1) is 13.8 Å². The first kappa shape index (κ1) is 18.6. The molecule has 7 heteroatoms. The number of halogens is 3. The molecule has 0 radical (unpaired) electrons. The maximum absolute atomic E-state index is 12.2. The van der Waals surface area contributed by atoms with E-state index >= 15 is 0 Å². The van der Waals surface area contributed by atoms with Gasteiger partial charge in [0.15, 0.2) is 6.10 Å². The molecule has 1 atom stereocenters. The highest BCUT2D eigenvalue weighted by Crippen LogP contribution is 2.24. The van der Waals surface area contributed by atoms with E-state index in [1.807, 2.05) is 32.0 Å². The minimum atomic E-state index is -4.75. The van der Waals surface area contributed by atoms with Gasteiger partial charge in [-0.15, -0.1) is 13.2 Å². The van der Waals surface area contributed by atoms with Crippen LogP contribution in [-0.4, -0.2) is 18.4 Å². The van der Waals surface area contributed by atoms with Crippen molar-refractivity contribution < 1.29 is 27.4 Å². The quantitative estimate of drug-likeness (QED) is 0.854. The summed E-state index contributed by atoms with van der Waals surface area (Å²) in [5.74, 6) is -0.192. The highest BCUT2D eigenvalue weighted by atomic mass is 19.4. The van der Waals surface area contributed by atoms with Crippen molar-refractivity contribution in [3.63, 3.8) is 0 Å². The van der Waals surface area contributed by atoms with E-state index in [0.29, 0.717) is 11.4 Å². The number of hydrogen-bond donors (Lipinski definition) is 1. The van der Waals surface area contributed by atoms with E-state index in [4.69, 9.17) is 4.74 Å². The maximum atomic E-state index is 12.2. The van der Waals surface area contributed by atoms with E-state index in [2.05, 4.69) is 10.1 Å². The van der Waals surface area contributed by atoms with Gasteiger partial charge in [0.2, 0.25) is 0 Å². The van der Waals surface area contributed by atoms with Gasteiger partial charge in [0.25, 0.3) is 5.91 Å². The first-order chi connectivity index (χ1) is 11.6. The second-order valence-corrected chi connectivity index (χ2v) is 5.64. The minimum absolute atomic E-state index is 0.343. The van der Waals surface area contributed by atoms with Crippen molar-refractivity contribution in [2.45, 2.75) is 33.2 Å². The van der Waals surface area contributed by atoms with Gasteiger partial charge < -0.3 is 14.8 Å². The molecule has 1 N–H and O–H groups in total. The molecule has 0 unspecified atom stereocenters. The fraction of sp³-hybridized carbons (Fsp3) is 0.278. The third-order valence-electron chi connectivity index (χ3n) is 3.23. The predicted octanol–water partition coefficient (Wildman–Crippen LogP) is 4.61. The van der Waals surface area contributed by atoms with Crippen LogP contribution < -0.4 is 14.8 Å². The summed E-state index contributed by atoms with van der Waals surface area (Å²) in [6, 6.07) is 10.5. The van der Waals surface area contributed by atoms with Crippen LogP contribution in [0.25, 0.3) is 0 Å². The van der Waals surface area contributed by atoms with E-state index in [1.165, 1.54) is 12.1 Å². The second-order valence-electron chi connectivity index (χ2n) is 5.64. The number of rotatable bonds is 5. The Morgan fingerprint density at radius 2 is 1.56 bits per heavy atom. The molecule has 0 spiro atoms. The van der Waals surface area contributed by atoms with E-state index < -0.39 is 18.4 Å². The molecule has 134 valence electrons. The average Bonchev–Trinajstić information content (AvgIpc) is 2.46. The largest absolute Gasteiger partial charge is 0.573 e. The Bertz CT molecular complexity index is 722. The van der Waals surface area contributed by atoms with Crippen LogP contribution in [0.3, 0.4) is 0 Å². The van der Waals surface area contributed by atoms with Crippen LogP contribution in [0.15, 0.2) is 42.5 Å². The van der Waals surface area contributed by atoms with Crippen LogP contribution in [0.5, 0.6) is 11.5 Å². The van der Waals surface area contributed by atoms with E-state index in [1.54, 1.807) is 6.92 Å². The molecule has 0 saturated carbocycles. The molecular formula is C18H18F3NO3. The highest BCUT2D eigenvalue weighted by Gasteiger charge is 2.31. The Morgan fingerprint density at radius 1 is 1.00 bits per heavy atom. The number of nitrogens with one attached hydrogen (secondary N) is 1. The molecule has 25 heavy (non-hydrogen) atoms. The summed E-state index contributed by atoms with van der Waals surface area (Å²) in [5, 5.41) is 2.58. The maximum Gasteiger partial charge on any atom is 0.573 e. The molecule has 0 heterocycles. The lowest BCUT2D eigenvalue weighted by Crippen LogP contribution is -2.30. The number of anilines is 1. The summed E-state index contributed by atoms with van der Waals surface area (Å²) in [5.41, 5.74) is 2.38. The zero-order chi connectivity index (χ0) is 18.6. The number of alkyl halides is 3. The fourth-order valence-electron chi connectivity index (χ4n) is 2.24. The van der Waals surface area contributed by atoms with Crippen LogP contribution in [-0.2, 0) is 4.79 Å². The summed E-state index contributed by atoms with van der Waals surface area (Å²) < 4.78 is 45.7. The third-order valence-corrected chi connectivity index (χ3v) is 3.23. The van der Waals surface area contributed by atoms with Gasteiger partial charge in [0.1, 0.15) is 11.5 Å². The van der Waals surface area contributed by atoms with Crippen molar-refractivity contribution in [1.29, 1.82) is 0 Å². The van der Waals surface area contributed by atoms with Gasteiger partial charge in [0.05, 0.1) is 0 Å². The molecule has 0 saturated heterocycles. The molecule has 0 bridgehead atoms. The van der Waals surface area contributed by atoms with E-state index in [-0.39, 0.29) is 5.75 Å². The first-order valence-corrected chi connectivity index (χ1v) is 7.54. The van der Waals surface area contributed by atoms with Gasteiger partial charge in [-0.05, 0) is 68.3 Å². The number of benzene rings is 2. The third kappa shape index (κ3) is 6.02. The lowest BCUT2D eigenvalue weighted by atomic mass is 10.1. The summed E-state index contributed by atoms with van der Waals surface area (Å²) >= 11 is 0. The van der Waals surface area contributed by atoms with Gasteiger partial charge in [-0.3, -0.25) is 4.79 Å². The number of carbonyl (C=O) groups excluding carboxylic acids is 1. The van der Waals surface area contributed by atoms with Crippen molar-refractivity contribution in [2.24, 2.45) is 0 Å². The lowest BCUT2D eigenvalue weighted by Gasteiger charge is -2.16. The smallest absolute Gasteiger partial charge is 0.481 e.